The molecular weight excluding hydrogens is 244 g/mol. The van der Waals surface area contributed by atoms with Gasteiger partial charge in [0.25, 0.3) is 0 Å². The van der Waals surface area contributed by atoms with Gasteiger partial charge >= 0.3 is 0 Å². The molecule has 0 saturated heterocycles. The molecule has 0 aliphatic carbocycles. The molecule has 2 unspecified atom stereocenters. The number of aliphatic hydroxyl groups is 2. The summed E-state index contributed by atoms with van der Waals surface area (Å²) >= 11 is 5.79. The lowest BCUT2D eigenvalue weighted by Gasteiger charge is -2.17. The summed E-state index contributed by atoms with van der Waals surface area (Å²) in [5.41, 5.74) is 0. The van der Waals surface area contributed by atoms with Gasteiger partial charge in [-0.05, 0) is 12.8 Å². The molecule has 2 atom stereocenters. The third-order valence-corrected chi connectivity index (χ3v) is 3.93. The number of hydrogen-bond donors (Lipinski definition) is 5. The number of rotatable bonds is 7. The first-order valence-electron chi connectivity index (χ1n) is 4.25. The topological polar surface area (TPSA) is 77.8 Å². The third kappa shape index (κ3) is 6.26. The zero-order chi connectivity index (χ0) is 11.2. The van der Waals surface area contributed by atoms with E-state index in [2.05, 4.69) is 25.3 Å². The van der Waals surface area contributed by atoms with Crippen molar-refractivity contribution in [3.63, 3.8) is 0 Å². The van der Waals surface area contributed by atoms with Crippen LogP contribution in [0.3, 0.4) is 0 Å². The largest absolute Gasteiger partial charge is 0.394 e. The van der Waals surface area contributed by atoms with E-state index in [4.69, 9.17) is 14.8 Å². The maximum absolute atomic E-state index is 10.7. The lowest BCUT2D eigenvalue weighted by atomic mass is 10.1. The fraction of sp³-hybridized carbons (Fsp3) is 1.00. The van der Waals surface area contributed by atoms with Gasteiger partial charge < -0.3 is 14.8 Å². The Morgan fingerprint density at radius 2 is 1.93 bits per heavy atom. The molecule has 0 aliphatic heterocycles. The minimum Gasteiger partial charge on any atom is -0.394 e. The van der Waals surface area contributed by atoms with Gasteiger partial charge in [0.05, 0.1) is 12.7 Å². The average Bonchev–Trinajstić information content (AvgIpc) is 2.11. The van der Waals surface area contributed by atoms with Crippen molar-refractivity contribution in [3.05, 3.63) is 0 Å². The quantitative estimate of drug-likeness (QED) is 0.201. The standard InChI is InChI=1S/C7H16O4S3/c8-5-6(9)3-1-2-4-7(12,13)14(10)11/h6,8-9,12-13H,1-5H2,(H,10,11). The first kappa shape index (κ1) is 14.7. The van der Waals surface area contributed by atoms with E-state index in [0.717, 1.165) is 0 Å². The maximum Gasteiger partial charge on any atom is 0.179 e. The summed E-state index contributed by atoms with van der Waals surface area (Å²) in [6.07, 6.45) is 1.45. The molecule has 0 spiro atoms. The second-order valence-electron chi connectivity index (χ2n) is 3.07. The Kier molecular flexibility index (Phi) is 7.45. The smallest absolute Gasteiger partial charge is 0.179 e. The molecule has 0 bridgehead atoms. The molecule has 3 N–H and O–H groups in total. The van der Waals surface area contributed by atoms with Crippen molar-refractivity contribution in [2.45, 2.75) is 35.2 Å². The van der Waals surface area contributed by atoms with Gasteiger partial charge in [-0.1, -0.05) is 12.8 Å². The number of thiol groups is 2. The predicted molar refractivity (Wildman–Crippen MR) is 63.0 cm³/mol. The molecule has 86 valence electrons. The Balaban J connectivity index is 3.59. The van der Waals surface area contributed by atoms with Crippen LogP contribution in [0.2, 0.25) is 0 Å². The van der Waals surface area contributed by atoms with Gasteiger partial charge in [0.15, 0.2) is 14.5 Å². The van der Waals surface area contributed by atoms with Crippen LogP contribution in [0.5, 0.6) is 0 Å². The van der Waals surface area contributed by atoms with Crippen LogP contribution in [-0.4, -0.2) is 35.1 Å². The summed E-state index contributed by atoms with van der Waals surface area (Å²) in [6, 6.07) is 0. The van der Waals surface area contributed by atoms with Crippen molar-refractivity contribution >= 4 is 36.3 Å². The van der Waals surface area contributed by atoms with Crippen molar-refractivity contribution in [3.8, 4) is 0 Å². The molecule has 0 radical (unpaired) electrons. The Morgan fingerprint density at radius 1 is 1.36 bits per heavy atom. The number of unbranched alkanes of at least 4 members (excludes halogenated alkanes) is 1. The lowest BCUT2D eigenvalue weighted by Crippen LogP contribution is -2.20. The summed E-state index contributed by atoms with van der Waals surface area (Å²) in [7, 11) is 0. The lowest BCUT2D eigenvalue weighted by molar-refractivity contribution is 0.0861. The van der Waals surface area contributed by atoms with Crippen LogP contribution in [0.15, 0.2) is 0 Å². The SMILES string of the molecule is O=S(O)C(S)(S)CCCCC(O)CO. The molecule has 0 amide bonds. The van der Waals surface area contributed by atoms with Gasteiger partial charge in [-0.2, -0.15) is 0 Å². The van der Waals surface area contributed by atoms with E-state index in [0.29, 0.717) is 25.7 Å². The molecule has 14 heavy (non-hydrogen) atoms. The summed E-state index contributed by atoms with van der Waals surface area (Å²) in [6.45, 7) is -0.251. The summed E-state index contributed by atoms with van der Waals surface area (Å²) in [5.74, 6) is 0. The van der Waals surface area contributed by atoms with E-state index in [-0.39, 0.29) is 6.61 Å². The van der Waals surface area contributed by atoms with E-state index in [1.54, 1.807) is 0 Å². The second-order valence-corrected chi connectivity index (χ2v) is 6.75. The molecule has 4 nitrogen and oxygen atoms in total. The normalized spacial score (nSPS) is 16.6. The van der Waals surface area contributed by atoms with Crippen molar-refractivity contribution in [2.24, 2.45) is 0 Å². The van der Waals surface area contributed by atoms with E-state index in [9.17, 15) is 4.21 Å². The van der Waals surface area contributed by atoms with E-state index in [1.165, 1.54) is 0 Å². The summed E-state index contributed by atoms with van der Waals surface area (Å²) < 4.78 is 18.2. The Morgan fingerprint density at radius 3 is 2.36 bits per heavy atom. The molecule has 0 aromatic carbocycles. The molecule has 0 aliphatic rings. The van der Waals surface area contributed by atoms with Crippen molar-refractivity contribution in [1.29, 1.82) is 0 Å². The fourth-order valence-corrected chi connectivity index (χ4v) is 1.55. The van der Waals surface area contributed by atoms with Gasteiger partial charge in [-0.15, -0.1) is 25.3 Å². The molecule has 0 saturated carbocycles. The van der Waals surface area contributed by atoms with Gasteiger partial charge in [0, 0.05) is 0 Å². The van der Waals surface area contributed by atoms with E-state index < -0.39 is 20.6 Å². The maximum atomic E-state index is 10.7. The van der Waals surface area contributed by atoms with Crippen LogP contribution in [0.4, 0.5) is 0 Å². The van der Waals surface area contributed by atoms with Crippen LogP contribution in [0.1, 0.15) is 25.7 Å². The van der Waals surface area contributed by atoms with Crippen LogP contribution in [0, 0.1) is 0 Å². The first-order chi connectivity index (χ1) is 6.40. The highest BCUT2D eigenvalue weighted by atomic mass is 32.3. The van der Waals surface area contributed by atoms with Gasteiger partial charge in [-0.25, -0.2) is 4.21 Å². The summed E-state index contributed by atoms with van der Waals surface area (Å²) in [5, 5.41) is 17.5. The average molecular weight is 260 g/mol. The fourth-order valence-electron chi connectivity index (χ4n) is 0.914. The second kappa shape index (κ2) is 7.08. The predicted octanol–water partition coefficient (Wildman–Crippen LogP) is 0.635. The Bertz CT molecular complexity index is 186. The van der Waals surface area contributed by atoms with Gasteiger partial charge in [0.1, 0.15) is 0 Å². The van der Waals surface area contributed by atoms with Crippen LogP contribution in [-0.2, 0) is 11.1 Å². The highest BCUT2D eigenvalue weighted by Crippen LogP contribution is 2.29. The van der Waals surface area contributed by atoms with Crippen molar-refractivity contribution in [2.75, 3.05) is 6.61 Å². The highest BCUT2D eigenvalue weighted by molar-refractivity contribution is 8.16. The minimum atomic E-state index is -2.08. The van der Waals surface area contributed by atoms with E-state index in [1.807, 2.05) is 0 Å². The van der Waals surface area contributed by atoms with E-state index >= 15 is 0 Å². The van der Waals surface area contributed by atoms with Crippen LogP contribution >= 0.6 is 25.3 Å². The van der Waals surface area contributed by atoms with Crippen LogP contribution < -0.4 is 0 Å². The highest BCUT2D eigenvalue weighted by Gasteiger charge is 2.26. The molecule has 7 heteroatoms. The summed E-state index contributed by atoms with van der Waals surface area (Å²) in [4.78, 5) is 0. The zero-order valence-electron chi connectivity index (χ0n) is 7.67. The first-order valence-corrected chi connectivity index (χ1v) is 6.25. The number of hydrogen-bond acceptors (Lipinski definition) is 5. The van der Waals surface area contributed by atoms with Crippen LogP contribution in [0.25, 0.3) is 0 Å². The van der Waals surface area contributed by atoms with Crippen molar-refractivity contribution < 1.29 is 19.0 Å². The minimum absolute atomic E-state index is 0.251. The monoisotopic (exact) mass is 260 g/mol. The molecule has 0 rings (SSSR count). The molecule has 0 aromatic heterocycles. The molecule has 0 aromatic rings. The molecular formula is C7H16O4S3. The number of aliphatic hydroxyl groups excluding tert-OH is 2. The Hall–Kier alpha value is 0.730. The third-order valence-electron chi connectivity index (χ3n) is 1.78. The molecule has 0 heterocycles. The van der Waals surface area contributed by atoms with Gasteiger partial charge in [-0.3, -0.25) is 0 Å². The zero-order valence-corrected chi connectivity index (χ0v) is 10.3. The molecule has 0 fully saturated rings. The Labute approximate surface area is 97.2 Å². The van der Waals surface area contributed by atoms with Gasteiger partial charge in [0.2, 0.25) is 0 Å². The van der Waals surface area contributed by atoms with Crippen molar-refractivity contribution in [1.82, 2.24) is 0 Å².